The summed E-state index contributed by atoms with van der Waals surface area (Å²) >= 11 is 0. The van der Waals surface area contributed by atoms with Crippen molar-refractivity contribution in [2.24, 2.45) is 0 Å². The Morgan fingerprint density at radius 2 is 2.00 bits per heavy atom. The highest BCUT2D eigenvalue weighted by Gasteiger charge is 2.25. The van der Waals surface area contributed by atoms with Gasteiger partial charge in [0.05, 0.1) is 23.0 Å². The van der Waals surface area contributed by atoms with Crippen LogP contribution in [0.15, 0.2) is 47.1 Å². The minimum absolute atomic E-state index is 0.0362. The zero-order valence-electron chi connectivity index (χ0n) is 14.5. The maximum absolute atomic E-state index is 12.9. The molecule has 0 fully saturated rings. The zero-order valence-corrected chi connectivity index (χ0v) is 14.5. The van der Waals surface area contributed by atoms with E-state index in [1.165, 1.54) is 0 Å². The lowest BCUT2D eigenvalue weighted by molar-refractivity contribution is 0.0828. The smallest absolute Gasteiger partial charge is 0.254 e. The van der Waals surface area contributed by atoms with Crippen LogP contribution in [0.5, 0.6) is 0 Å². The molecule has 1 aliphatic rings. The van der Waals surface area contributed by atoms with E-state index >= 15 is 0 Å². The molecule has 0 N–H and O–H groups in total. The number of amides is 1. The number of benzene rings is 1. The van der Waals surface area contributed by atoms with Crippen molar-refractivity contribution in [3.63, 3.8) is 0 Å². The first-order valence-corrected chi connectivity index (χ1v) is 8.53. The normalized spacial score (nSPS) is 15.4. The maximum atomic E-state index is 12.9. The Morgan fingerprint density at radius 3 is 2.76 bits per heavy atom. The van der Waals surface area contributed by atoms with Gasteiger partial charge in [-0.25, -0.2) is 4.98 Å². The first-order valence-electron chi connectivity index (χ1n) is 8.53. The van der Waals surface area contributed by atoms with Crippen LogP contribution in [-0.2, 0) is 6.42 Å². The minimum Gasteiger partial charge on any atom is -0.465 e. The van der Waals surface area contributed by atoms with Gasteiger partial charge in [0.15, 0.2) is 0 Å². The molecule has 1 aromatic carbocycles. The van der Waals surface area contributed by atoms with E-state index in [1.54, 1.807) is 25.3 Å². The van der Waals surface area contributed by atoms with E-state index in [2.05, 4.69) is 0 Å². The molecule has 0 radical (unpaired) electrons. The van der Waals surface area contributed by atoms with E-state index in [1.807, 2.05) is 42.5 Å². The van der Waals surface area contributed by atoms with Crippen molar-refractivity contribution in [3.8, 4) is 0 Å². The summed E-state index contributed by atoms with van der Waals surface area (Å²) in [7, 11) is 3.60. The standard InChI is InChI=1S/C21H20N2O2/c1-23(2)21(24)19-16-9-3-4-11-18(16)22-20-14(7-5-10-17(19)20)13-15-8-6-12-25-15/h3-4,6,8-9,11-13H,5,7,10H2,1-2H3/b14-13-. The molecule has 1 amide bonds. The quantitative estimate of drug-likeness (QED) is 0.698. The highest BCUT2D eigenvalue weighted by Crippen LogP contribution is 2.36. The molecule has 126 valence electrons. The number of para-hydroxylation sites is 1. The topological polar surface area (TPSA) is 46.3 Å². The number of carbonyl (C=O) groups excluding carboxylic acids is 1. The van der Waals surface area contributed by atoms with Crippen molar-refractivity contribution >= 4 is 28.5 Å². The zero-order chi connectivity index (χ0) is 17.4. The third-order valence-electron chi connectivity index (χ3n) is 4.65. The van der Waals surface area contributed by atoms with Crippen LogP contribution in [0, 0.1) is 0 Å². The van der Waals surface area contributed by atoms with Crippen LogP contribution < -0.4 is 0 Å². The molecule has 3 aromatic rings. The van der Waals surface area contributed by atoms with E-state index in [0.717, 1.165) is 58.3 Å². The van der Waals surface area contributed by atoms with E-state index in [-0.39, 0.29) is 5.91 Å². The summed E-state index contributed by atoms with van der Waals surface area (Å²) in [5.74, 6) is 0.854. The van der Waals surface area contributed by atoms with Gasteiger partial charge in [-0.1, -0.05) is 18.2 Å². The molecular weight excluding hydrogens is 312 g/mol. The molecule has 0 bridgehead atoms. The summed E-state index contributed by atoms with van der Waals surface area (Å²) < 4.78 is 5.48. The first-order chi connectivity index (χ1) is 12.1. The molecule has 1 aliphatic carbocycles. The Kier molecular flexibility index (Phi) is 3.88. The molecule has 2 heterocycles. The van der Waals surface area contributed by atoms with Gasteiger partial charge in [-0.2, -0.15) is 0 Å². The van der Waals surface area contributed by atoms with Crippen molar-refractivity contribution in [2.75, 3.05) is 14.1 Å². The number of nitrogens with zero attached hydrogens (tertiary/aromatic N) is 2. The maximum Gasteiger partial charge on any atom is 0.254 e. The van der Waals surface area contributed by atoms with Gasteiger partial charge in [0.25, 0.3) is 5.91 Å². The van der Waals surface area contributed by atoms with Gasteiger partial charge in [0.2, 0.25) is 0 Å². The van der Waals surface area contributed by atoms with E-state index in [4.69, 9.17) is 9.40 Å². The number of fused-ring (bicyclic) bond motifs is 2. The largest absolute Gasteiger partial charge is 0.465 e. The van der Waals surface area contributed by atoms with E-state index in [9.17, 15) is 4.79 Å². The summed E-state index contributed by atoms with van der Waals surface area (Å²) in [6, 6.07) is 11.7. The number of rotatable bonds is 2. The average molecular weight is 332 g/mol. The van der Waals surface area contributed by atoms with Gasteiger partial charge in [-0.05, 0) is 54.7 Å². The van der Waals surface area contributed by atoms with Crippen LogP contribution >= 0.6 is 0 Å². The molecule has 0 saturated heterocycles. The van der Waals surface area contributed by atoms with Crippen LogP contribution in [0.25, 0.3) is 22.6 Å². The van der Waals surface area contributed by atoms with Crippen LogP contribution in [0.2, 0.25) is 0 Å². The predicted octanol–water partition coefficient (Wildman–Crippen LogP) is 4.41. The second-order valence-electron chi connectivity index (χ2n) is 6.57. The molecule has 4 nitrogen and oxygen atoms in total. The Hall–Kier alpha value is -2.88. The second kappa shape index (κ2) is 6.20. The monoisotopic (exact) mass is 332 g/mol. The van der Waals surface area contributed by atoms with Crippen molar-refractivity contribution in [3.05, 3.63) is 65.2 Å². The fourth-order valence-corrected chi connectivity index (χ4v) is 3.49. The van der Waals surface area contributed by atoms with Crippen molar-refractivity contribution in [1.82, 2.24) is 9.88 Å². The number of hydrogen-bond acceptors (Lipinski definition) is 3. The molecule has 0 atom stereocenters. The number of carbonyl (C=O) groups is 1. The lowest BCUT2D eigenvalue weighted by Gasteiger charge is -2.24. The fraction of sp³-hybridized carbons (Fsp3) is 0.238. The molecule has 25 heavy (non-hydrogen) atoms. The third kappa shape index (κ3) is 2.74. The number of allylic oxidation sites excluding steroid dienone is 1. The highest BCUT2D eigenvalue weighted by atomic mass is 16.3. The lowest BCUT2D eigenvalue weighted by atomic mass is 9.86. The average Bonchev–Trinajstić information content (AvgIpc) is 3.12. The minimum atomic E-state index is 0.0362. The lowest BCUT2D eigenvalue weighted by Crippen LogP contribution is -2.25. The molecule has 0 aliphatic heterocycles. The molecule has 4 heteroatoms. The summed E-state index contributed by atoms with van der Waals surface area (Å²) in [5.41, 5.74) is 4.78. The number of aromatic nitrogens is 1. The molecule has 4 rings (SSSR count). The number of hydrogen-bond donors (Lipinski definition) is 0. The van der Waals surface area contributed by atoms with Crippen LogP contribution in [0.3, 0.4) is 0 Å². The number of pyridine rings is 1. The second-order valence-corrected chi connectivity index (χ2v) is 6.57. The van der Waals surface area contributed by atoms with Gasteiger partial charge in [0, 0.05) is 19.5 Å². The Bertz CT molecular complexity index is 969. The van der Waals surface area contributed by atoms with Crippen molar-refractivity contribution in [1.29, 1.82) is 0 Å². The summed E-state index contributed by atoms with van der Waals surface area (Å²) in [6.45, 7) is 0. The van der Waals surface area contributed by atoms with Crippen molar-refractivity contribution in [2.45, 2.75) is 19.3 Å². The molecule has 0 spiro atoms. The summed E-state index contributed by atoms with van der Waals surface area (Å²) in [4.78, 5) is 19.5. The number of furan rings is 1. The summed E-state index contributed by atoms with van der Waals surface area (Å²) in [5, 5.41) is 0.930. The van der Waals surface area contributed by atoms with E-state index < -0.39 is 0 Å². The SMILES string of the molecule is CN(C)C(=O)c1c2c(nc3ccccc13)/C(=C\c1ccco1)CCC2. The first kappa shape index (κ1) is 15.6. The summed E-state index contributed by atoms with van der Waals surface area (Å²) in [6.07, 6.45) is 6.54. The van der Waals surface area contributed by atoms with Crippen LogP contribution in [0.4, 0.5) is 0 Å². The fourth-order valence-electron chi connectivity index (χ4n) is 3.49. The van der Waals surface area contributed by atoms with Gasteiger partial charge in [-0.15, -0.1) is 0 Å². The Balaban J connectivity index is 2.00. The Labute approximate surface area is 146 Å². The Morgan fingerprint density at radius 1 is 1.16 bits per heavy atom. The van der Waals surface area contributed by atoms with Crippen LogP contribution in [-0.4, -0.2) is 29.9 Å². The van der Waals surface area contributed by atoms with Gasteiger partial charge in [-0.3, -0.25) is 4.79 Å². The van der Waals surface area contributed by atoms with Crippen LogP contribution in [0.1, 0.15) is 40.2 Å². The van der Waals surface area contributed by atoms with Gasteiger partial charge in [0.1, 0.15) is 5.76 Å². The molecule has 0 saturated carbocycles. The van der Waals surface area contributed by atoms with Crippen molar-refractivity contribution < 1.29 is 9.21 Å². The van der Waals surface area contributed by atoms with Gasteiger partial charge >= 0.3 is 0 Å². The van der Waals surface area contributed by atoms with E-state index in [0.29, 0.717) is 0 Å². The molecular formula is C21H20N2O2. The predicted molar refractivity (Wildman–Crippen MR) is 99.3 cm³/mol. The highest BCUT2D eigenvalue weighted by molar-refractivity contribution is 6.08. The third-order valence-corrected chi connectivity index (χ3v) is 4.65. The molecule has 2 aromatic heterocycles. The molecule has 0 unspecified atom stereocenters. The van der Waals surface area contributed by atoms with Gasteiger partial charge < -0.3 is 9.32 Å².